The molecule has 2 amide bonds. The maximum absolute atomic E-state index is 13.1. The van der Waals surface area contributed by atoms with Crippen molar-refractivity contribution in [2.45, 2.75) is 26.7 Å². The standard InChI is InChI=1S/C23H25FN2O4/c1-15-5-3-7-20(16(15)2)25-21(27)14-30-23(29)18-6-4-12-26(13-18)22(28)17-8-10-19(24)11-9-17/h3,5,7-11,18H,4,6,12-14H2,1-2H3,(H,25,27). The van der Waals surface area contributed by atoms with Crippen molar-refractivity contribution in [1.82, 2.24) is 4.90 Å². The summed E-state index contributed by atoms with van der Waals surface area (Å²) in [5.74, 6) is -2.06. The highest BCUT2D eigenvalue weighted by atomic mass is 19.1. The number of hydrogen-bond donors (Lipinski definition) is 1. The van der Waals surface area contributed by atoms with E-state index in [1.54, 1.807) is 11.0 Å². The van der Waals surface area contributed by atoms with E-state index in [-0.39, 0.29) is 19.1 Å². The molecule has 1 heterocycles. The van der Waals surface area contributed by atoms with E-state index >= 15 is 0 Å². The Kier molecular flexibility index (Phi) is 6.82. The number of hydrogen-bond acceptors (Lipinski definition) is 4. The van der Waals surface area contributed by atoms with E-state index in [2.05, 4.69) is 5.32 Å². The van der Waals surface area contributed by atoms with Gasteiger partial charge in [-0.05, 0) is 68.1 Å². The number of carbonyl (C=O) groups excluding carboxylic acids is 3. The van der Waals surface area contributed by atoms with E-state index in [0.717, 1.165) is 11.1 Å². The van der Waals surface area contributed by atoms with E-state index in [0.29, 0.717) is 30.6 Å². The predicted octanol–water partition coefficient (Wildman–Crippen LogP) is 3.48. The topological polar surface area (TPSA) is 75.7 Å². The molecule has 1 fully saturated rings. The van der Waals surface area contributed by atoms with Crippen LogP contribution in [0.3, 0.4) is 0 Å². The lowest BCUT2D eigenvalue weighted by atomic mass is 9.97. The minimum Gasteiger partial charge on any atom is -0.455 e. The van der Waals surface area contributed by atoms with E-state index in [1.165, 1.54) is 24.3 Å². The van der Waals surface area contributed by atoms with Crippen LogP contribution in [0.1, 0.15) is 34.3 Å². The van der Waals surface area contributed by atoms with Gasteiger partial charge in [-0.15, -0.1) is 0 Å². The van der Waals surface area contributed by atoms with Crippen LogP contribution in [0.5, 0.6) is 0 Å². The van der Waals surface area contributed by atoms with Gasteiger partial charge in [-0.1, -0.05) is 12.1 Å². The summed E-state index contributed by atoms with van der Waals surface area (Å²) in [6.45, 7) is 4.22. The van der Waals surface area contributed by atoms with Gasteiger partial charge in [0.15, 0.2) is 6.61 Å². The molecule has 158 valence electrons. The second-order valence-corrected chi connectivity index (χ2v) is 7.50. The summed E-state index contributed by atoms with van der Waals surface area (Å²) < 4.78 is 18.3. The van der Waals surface area contributed by atoms with Gasteiger partial charge in [0.05, 0.1) is 5.92 Å². The first-order valence-electron chi connectivity index (χ1n) is 9.92. The number of esters is 1. The molecule has 30 heavy (non-hydrogen) atoms. The summed E-state index contributed by atoms with van der Waals surface area (Å²) in [5.41, 5.74) is 3.07. The molecule has 1 aliphatic heterocycles. The summed E-state index contributed by atoms with van der Waals surface area (Å²) >= 11 is 0. The highest BCUT2D eigenvalue weighted by molar-refractivity contribution is 5.95. The smallest absolute Gasteiger partial charge is 0.311 e. The van der Waals surface area contributed by atoms with Gasteiger partial charge in [0, 0.05) is 24.3 Å². The second kappa shape index (κ2) is 9.52. The number of aryl methyl sites for hydroxylation is 1. The number of rotatable bonds is 5. The van der Waals surface area contributed by atoms with Crippen LogP contribution in [0.2, 0.25) is 0 Å². The van der Waals surface area contributed by atoms with Gasteiger partial charge in [-0.2, -0.15) is 0 Å². The van der Waals surface area contributed by atoms with Crippen LogP contribution in [0.25, 0.3) is 0 Å². The Bertz CT molecular complexity index is 943. The number of ether oxygens (including phenoxy) is 1. The normalized spacial score (nSPS) is 16.1. The van der Waals surface area contributed by atoms with Crippen LogP contribution >= 0.6 is 0 Å². The molecule has 2 aromatic carbocycles. The SMILES string of the molecule is Cc1cccc(NC(=O)COC(=O)C2CCCN(C(=O)c3ccc(F)cc3)C2)c1C. The van der Waals surface area contributed by atoms with Crippen LogP contribution in [-0.2, 0) is 14.3 Å². The summed E-state index contributed by atoms with van der Waals surface area (Å²) in [6, 6.07) is 10.9. The lowest BCUT2D eigenvalue weighted by Gasteiger charge is -2.31. The number of carbonyl (C=O) groups is 3. The number of anilines is 1. The molecule has 0 aliphatic carbocycles. The maximum Gasteiger partial charge on any atom is 0.311 e. The molecular weight excluding hydrogens is 387 g/mol. The Balaban J connectivity index is 1.52. The molecule has 2 aromatic rings. The summed E-state index contributed by atoms with van der Waals surface area (Å²) in [4.78, 5) is 38.8. The third kappa shape index (κ3) is 5.23. The fourth-order valence-corrected chi connectivity index (χ4v) is 3.46. The molecule has 0 bridgehead atoms. The van der Waals surface area contributed by atoms with Gasteiger partial charge >= 0.3 is 5.97 Å². The van der Waals surface area contributed by atoms with Crippen LogP contribution in [0.4, 0.5) is 10.1 Å². The predicted molar refractivity (Wildman–Crippen MR) is 111 cm³/mol. The maximum atomic E-state index is 13.1. The third-order valence-electron chi connectivity index (χ3n) is 5.36. The van der Waals surface area contributed by atoms with Crippen molar-refractivity contribution < 1.29 is 23.5 Å². The Morgan fingerprint density at radius 3 is 2.60 bits per heavy atom. The van der Waals surface area contributed by atoms with Crippen molar-refractivity contribution in [2.24, 2.45) is 5.92 Å². The van der Waals surface area contributed by atoms with E-state index in [4.69, 9.17) is 4.74 Å². The highest BCUT2D eigenvalue weighted by Crippen LogP contribution is 2.21. The van der Waals surface area contributed by atoms with Gasteiger partial charge in [-0.25, -0.2) is 4.39 Å². The zero-order chi connectivity index (χ0) is 21.7. The number of halogens is 1. The molecular formula is C23H25FN2O4. The molecule has 1 aliphatic rings. The molecule has 3 rings (SSSR count). The number of piperidine rings is 1. The first-order chi connectivity index (χ1) is 14.3. The number of nitrogens with one attached hydrogen (secondary N) is 1. The first-order valence-corrected chi connectivity index (χ1v) is 9.92. The monoisotopic (exact) mass is 412 g/mol. The molecule has 1 atom stereocenters. The largest absolute Gasteiger partial charge is 0.455 e. The molecule has 7 heteroatoms. The second-order valence-electron chi connectivity index (χ2n) is 7.50. The Morgan fingerprint density at radius 2 is 1.87 bits per heavy atom. The van der Waals surface area contributed by atoms with Gasteiger partial charge in [-0.3, -0.25) is 14.4 Å². The fraction of sp³-hybridized carbons (Fsp3) is 0.348. The van der Waals surface area contributed by atoms with Crippen LogP contribution < -0.4 is 5.32 Å². The van der Waals surface area contributed by atoms with E-state index in [1.807, 2.05) is 26.0 Å². The van der Waals surface area contributed by atoms with Crippen molar-refractivity contribution >= 4 is 23.5 Å². The van der Waals surface area contributed by atoms with Crippen molar-refractivity contribution in [3.63, 3.8) is 0 Å². The number of amides is 2. The van der Waals surface area contributed by atoms with Crippen LogP contribution in [0, 0.1) is 25.6 Å². The minimum atomic E-state index is -0.497. The third-order valence-corrected chi connectivity index (χ3v) is 5.36. The zero-order valence-corrected chi connectivity index (χ0v) is 17.1. The lowest BCUT2D eigenvalue weighted by Crippen LogP contribution is -2.43. The van der Waals surface area contributed by atoms with E-state index in [9.17, 15) is 18.8 Å². The highest BCUT2D eigenvalue weighted by Gasteiger charge is 2.30. The summed E-state index contributed by atoms with van der Waals surface area (Å²) in [7, 11) is 0. The van der Waals surface area contributed by atoms with Gasteiger partial charge in [0.1, 0.15) is 5.82 Å². The molecule has 0 spiro atoms. The average Bonchev–Trinajstić information content (AvgIpc) is 2.75. The lowest BCUT2D eigenvalue weighted by molar-refractivity contribution is -0.152. The Morgan fingerprint density at radius 1 is 1.13 bits per heavy atom. The zero-order valence-electron chi connectivity index (χ0n) is 17.1. The quantitative estimate of drug-likeness (QED) is 0.763. The average molecular weight is 412 g/mol. The van der Waals surface area contributed by atoms with Gasteiger partial charge < -0.3 is 15.0 Å². The number of likely N-dealkylation sites (tertiary alicyclic amines) is 1. The summed E-state index contributed by atoms with van der Waals surface area (Å²) in [5, 5.41) is 2.75. The first kappa shape index (κ1) is 21.5. The molecule has 6 nitrogen and oxygen atoms in total. The number of benzene rings is 2. The van der Waals surface area contributed by atoms with Crippen molar-refractivity contribution in [3.05, 3.63) is 65.0 Å². The molecule has 0 radical (unpaired) electrons. The minimum absolute atomic E-state index is 0.216. The van der Waals surface area contributed by atoms with Gasteiger partial charge in [0.2, 0.25) is 0 Å². The van der Waals surface area contributed by atoms with Gasteiger partial charge in [0.25, 0.3) is 11.8 Å². The summed E-state index contributed by atoms with van der Waals surface area (Å²) in [6.07, 6.45) is 1.24. The van der Waals surface area contributed by atoms with Crippen LogP contribution in [0.15, 0.2) is 42.5 Å². The molecule has 1 N–H and O–H groups in total. The van der Waals surface area contributed by atoms with Crippen LogP contribution in [-0.4, -0.2) is 42.4 Å². The Hall–Kier alpha value is -3.22. The van der Waals surface area contributed by atoms with Crippen molar-refractivity contribution in [2.75, 3.05) is 25.0 Å². The molecule has 0 saturated carbocycles. The number of nitrogens with zero attached hydrogens (tertiary/aromatic N) is 1. The molecule has 1 unspecified atom stereocenters. The van der Waals surface area contributed by atoms with Crippen molar-refractivity contribution in [1.29, 1.82) is 0 Å². The molecule has 1 saturated heterocycles. The van der Waals surface area contributed by atoms with Crippen molar-refractivity contribution in [3.8, 4) is 0 Å². The fourth-order valence-electron chi connectivity index (χ4n) is 3.46. The Labute approximate surface area is 175 Å². The van der Waals surface area contributed by atoms with E-state index < -0.39 is 23.6 Å². The molecule has 0 aromatic heterocycles.